The van der Waals surface area contributed by atoms with Gasteiger partial charge in [0.15, 0.2) is 0 Å². The van der Waals surface area contributed by atoms with E-state index >= 15 is 0 Å². The summed E-state index contributed by atoms with van der Waals surface area (Å²) in [4.78, 5) is 16.2. The summed E-state index contributed by atoms with van der Waals surface area (Å²) in [5, 5.41) is 9.18. The number of nitrogens with zero attached hydrogens (tertiary/aromatic N) is 2. The normalized spacial score (nSPS) is 21.0. The quantitative estimate of drug-likeness (QED) is 0.871. The maximum atomic E-state index is 12.3. The molecule has 1 unspecified atom stereocenters. The van der Waals surface area contributed by atoms with Crippen molar-refractivity contribution in [2.45, 2.75) is 18.9 Å². The third-order valence-electron chi connectivity index (χ3n) is 3.42. The van der Waals surface area contributed by atoms with Crippen molar-refractivity contribution in [1.82, 2.24) is 4.90 Å². The number of carbonyl (C=O) groups is 1. The average Bonchev–Trinajstić information content (AvgIpc) is 2.54. The fraction of sp³-hybridized carbons (Fsp3) is 0.500. The van der Waals surface area contributed by atoms with Crippen LogP contribution in [0.3, 0.4) is 0 Å². The van der Waals surface area contributed by atoms with Gasteiger partial charge in [0.25, 0.3) is 0 Å². The Morgan fingerprint density at radius 2 is 2.00 bits per heavy atom. The van der Waals surface area contributed by atoms with Crippen molar-refractivity contribution in [3.05, 3.63) is 30.3 Å². The molecule has 1 fully saturated rings. The van der Waals surface area contributed by atoms with Crippen LogP contribution in [0.5, 0.6) is 0 Å². The number of likely N-dealkylation sites (N-methyl/N-ethyl adjacent to an activating group) is 1. The third kappa shape index (κ3) is 2.64. The number of hydrogen-bond acceptors (Lipinski definition) is 3. The Morgan fingerprint density at radius 3 is 2.67 bits per heavy atom. The van der Waals surface area contributed by atoms with Gasteiger partial charge in [-0.3, -0.25) is 4.79 Å². The van der Waals surface area contributed by atoms with Crippen LogP contribution in [0, 0.1) is 0 Å². The topological polar surface area (TPSA) is 43.8 Å². The summed E-state index contributed by atoms with van der Waals surface area (Å²) < 4.78 is 0. The summed E-state index contributed by atoms with van der Waals surface area (Å²) in [5.41, 5.74) is 1.06. The number of aliphatic hydroxyl groups is 1. The first-order valence-corrected chi connectivity index (χ1v) is 6.41. The summed E-state index contributed by atoms with van der Waals surface area (Å²) in [7, 11) is 1.83. The molecule has 18 heavy (non-hydrogen) atoms. The maximum Gasteiger partial charge on any atom is 0.245 e. The van der Waals surface area contributed by atoms with E-state index < -0.39 is 0 Å². The zero-order chi connectivity index (χ0) is 13.0. The summed E-state index contributed by atoms with van der Waals surface area (Å²) in [6, 6.07) is 9.71. The van der Waals surface area contributed by atoms with Gasteiger partial charge in [-0.2, -0.15) is 0 Å². The molecule has 1 saturated heterocycles. The number of carbonyl (C=O) groups excluding carboxylic acids is 1. The fourth-order valence-corrected chi connectivity index (χ4v) is 2.46. The van der Waals surface area contributed by atoms with E-state index in [-0.39, 0.29) is 18.6 Å². The van der Waals surface area contributed by atoms with Crippen molar-refractivity contribution in [1.29, 1.82) is 0 Å². The van der Waals surface area contributed by atoms with E-state index in [0.29, 0.717) is 6.42 Å². The van der Waals surface area contributed by atoms with Crippen molar-refractivity contribution in [2.75, 3.05) is 31.6 Å². The molecule has 1 aliphatic heterocycles. The van der Waals surface area contributed by atoms with E-state index in [4.69, 9.17) is 0 Å². The van der Waals surface area contributed by atoms with Crippen LogP contribution in [0.1, 0.15) is 12.8 Å². The van der Waals surface area contributed by atoms with E-state index in [1.54, 1.807) is 4.90 Å². The molecule has 0 bridgehead atoms. The Morgan fingerprint density at radius 1 is 1.28 bits per heavy atom. The second-order valence-corrected chi connectivity index (χ2v) is 4.67. The van der Waals surface area contributed by atoms with Gasteiger partial charge in [0.05, 0.1) is 0 Å². The van der Waals surface area contributed by atoms with Crippen molar-refractivity contribution in [3.8, 4) is 0 Å². The van der Waals surface area contributed by atoms with Crippen LogP contribution in [-0.2, 0) is 4.79 Å². The van der Waals surface area contributed by atoms with E-state index in [2.05, 4.69) is 4.90 Å². The highest BCUT2D eigenvalue weighted by Gasteiger charge is 2.30. The molecule has 1 amide bonds. The molecular formula is C14H20N2O2. The number of anilines is 1. The molecule has 0 aromatic heterocycles. The van der Waals surface area contributed by atoms with Gasteiger partial charge in [0.1, 0.15) is 6.04 Å². The minimum atomic E-state index is -0.245. The van der Waals surface area contributed by atoms with E-state index in [1.165, 1.54) is 0 Å². The molecule has 0 radical (unpaired) electrons. The first-order valence-electron chi connectivity index (χ1n) is 6.41. The molecular weight excluding hydrogens is 228 g/mol. The Labute approximate surface area is 108 Å². The molecule has 4 heteroatoms. The minimum Gasteiger partial charge on any atom is -0.396 e. The molecule has 1 N–H and O–H groups in total. The maximum absolute atomic E-state index is 12.3. The Hall–Kier alpha value is -1.55. The number of rotatable bonds is 3. The fourth-order valence-electron chi connectivity index (χ4n) is 2.46. The second kappa shape index (κ2) is 5.87. The van der Waals surface area contributed by atoms with Crippen molar-refractivity contribution < 1.29 is 9.90 Å². The molecule has 1 aromatic rings. The smallest absolute Gasteiger partial charge is 0.245 e. The molecule has 0 spiro atoms. The van der Waals surface area contributed by atoms with E-state index in [9.17, 15) is 9.90 Å². The Bertz CT molecular complexity index is 394. The lowest BCUT2D eigenvalue weighted by Crippen LogP contribution is -2.45. The molecule has 4 nitrogen and oxygen atoms in total. The first-order chi connectivity index (χ1) is 8.74. The van der Waals surface area contributed by atoms with Crippen molar-refractivity contribution in [2.24, 2.45) is 0 Å². The van der Waals surface area contributed by atoms with Gasteiger partial charge < -0.3 is 14.9 Å². The highest BCUT2D eigenvalue weighted by molar-refractivity contribution is 5.85. The van der Waals surface area contributed by atoms with Crippen LogP contribution < -0.4 is 4.90 Å². The third-order valence-corrected chi connectivity index (χ3v) is 3.42. The van der Waals surface area contributed by atoms with Crippen molar-refractivity contribution >= 4 is 11.6 Å². The van der Waals surface area contributed by atoms with Crippen LogP contribution in [0.4, 0.5) is 5.69 Å². The molecule has 1 aromatic carbocycles. The average molecular weight is 248 g/mol. The van der Waals surface area contributed by atoms with Gasteiger partial charge in [-0.1, -0.05) is 18.2 Å². The zero-order valence-electron chi connectivity index (χ0n) is 10.7. The summed E-state index contributed by atoms with van der Waals surface area (Å²) >= 11 is 0. The van der Waals surface area contributed by atoms with Crippen LogP contribution >= 0.6 is 0 Å². The van der Waals surface area contributed by atoms with Crippen LogP contribution in [0.25, 0.3) is 0 Å². The molecule has 1 heterocycles. The highest BCUT2D eigenvalue weighted by atomic mass is 16.3. The molecule has 2 rings (SSSR count). The van der Waals surface area contributed by atoms with Gasteiger partial charge >= 0.3 is 0 Å². The standard InChI is InChI=1S/C14H20N2O2/c1-15-9-5-10-16(12-6-3-2-4-7-12)13(8-11-17)14(15)18/h2-4,6-7,13,17H,5,8-11H2,1H3. The molecule has 1 aliphatic rings. The molecule has 0 aliphatic carbocycles. The number of hydrogen-bond donors (Lipinski definition) is 1. The Balaban J connectivity index is 2.27. The van der Waals surface area contributed by atoms with E-state index in [1.807, 2.05) is 37.4 Å². The summed E-state index contributed by atoms with van der Waals surface area (Å²) in [5.74, 6) is 0.102. The minimum absolute atomic E-state index is 0.0353. The summed E-state index contributed by atoms with van der Waals surface area (Å²) in [6.07, 6.45) is 1.44. The lowest BCUT2D eigenvalue weighted by Gasteiger charge is -2.31. The number of amides is 1. The van der Waals surface area contributed by atoms with Crippen LogP contribution in [0.2, 0.25) is 0 Å². The van der Waals surface area contributed by atoms with Gasteiger partial charge in [0.2, 0.25) is 5.91 Å². The lowest BCUT2D eigenvalue weighted by atomic mass is 10.1. The van der Waals surface area contributed by atoms with Gasteiger partial charge in [0, 0.05) is 32.4 Å². The predicted molar refractivity (Wildman–Crippen MR) is 71.5 cm³/mol. The second-order valence-electron chi connectivity index (χ2n) is 4.67. The lowest BCUT2D eigenvalue weighted by molar-refractivity contribution is -0.131. The monoisotopic (exact) mass is 248 g/mol. The first kappa shape index (κ1) is 12.9. The highest BCUT2D eigenvalue weighted by Crippen LogP contribution is 2.22. The molecule has 1 atom stereocenters. The van der Waals surface area contributed by atoms with Gasteiger partial charge in [-0.15, -0.1) is 0 Å². The Kier molecular flexibility index (Phi) is 4.20. The van der Waals surface area contributed by atoms with Gasteiger partial charge in [-0.05, 0) is 25.0 Å². The number of aliphatic hydroxyl groups excluding tert-OH is 1. The molecule has 0 saturated carbocycles. The van der Waals surface area contributed by atoms with Crippen LogP contribution in [0.15, 0.2) is 30.3 Å². The molecule has 98 valence electrons. The number of benzene rings is 1. The van der Waals surface area contributed by atoms with Crippen LogP contribution in [-0.4, -0.2) is 48.7 Å². The summed E-state index contributed by atoms with van der Waals surface area (Å²) in [6.45, 7) is 1.67. The number of para-hydroxylation sites is 1. The SMILES string of the molecule is CN1CCCN(c2ccccc2)C(CCO)C1=O. The van der Waals surface area contributed by atoms with E-state index in [0.717, 1.165) is 25.2 Å². The van der Waals surface area contributed by atoms with Crippen molar-refractivity contribution in [3.63, 3.8) is 0 Å². The largest absolute Gasteiger partial charge is 0.396 e. The zero-order valence-corrected chi connectivity index (χ0v) is 10.7. The predicted octanol–water partition coefficient (Wildman–Crippen LogP) is 1.11. The van der Waals surface area contributed by atoms with Gasteiger partial charge in [-0.25, -0.2) is 0 Å².